The molecule has 17 heavy (non-hydrogen) atoms. The van der Waals surface area contributed by atoms with Gasteiger partial charge in [0.25, 0.3) is 0 Å². The standard InChI is InChI=1S/C13H15NO2S/c1-2-5-10-14-12-11(13(15)16-10)8-6-3-4-7-9(8)17-12/h2-7H2,1H3. The van der Waals surface area contributed by atoms with Gasteiger partial charge in [-0.3, -0.25) is 0 Å². The fourth-order valence-corrected chi connectivity index (χ4v) is 3.72. The van der Waals surface area contributed by atoms with Crippen LogP contribution in [0.25, 0.3) is 10.2 Å². The molecule has 0 saturated heterocycles. The molecule has 0 aliphatic heterocycles. The normalized spacial score (nSPS) is 15.1. The molecule has 1 aliphatic carbocycles. The third-order valence-corrected chi connectivity index (χ3v) is 4.44. The van der Waals surface area contributed by atoms with Gasteiger partial charge in [0.05, 0.1) is 0 Å². The van der Waals surface area contributed by atoms with E-state index in [0.717, 1.165) is 35.9 Å². The first-order chi connectivity index (χ1) is 8.29. The Kier molecular flexibility index (Phi) is 2.74. The monoisotopic (exact) mass is 249 g/mol. The summed E-state index contributed by atoms with van der Waals surface area (Å²) < 4.78 is 5.30. The number of fused-ring (bicyclic) bond motifs is 3. The molecule has 0 amide bonds. The van der Waals surface area contributed by atoms with Crippen molar-refractivity contribution in [2.24, 2.45) is 0 Å². The molecule has 0 unspecified atom stereocenters. The van der Waals surface area contributed by atoms with Gasteiger partial charge >= 0.3 is 5.63 Å². The summed E-state index contributed by atoms with van der Waals surface area (Å²) in [6.07, 6.45) is 6.20. The first kappa shape index (κ1) is 11.0. The van der Waals surface area contributed by atoms with Crippen LogP contribution in [0.5, 0.6) is 0 Å². The number of hydrogen-bond donors (Lipinski definition) is 0. The first-order valence-electron chi connectivity index (χ1n) is 6.24. The molecule has 0 N–H and O–H groups in total. The fraction of sp³-hybridized carbons (Fsp3) is 0.538. The van der Waals surface area contributed by atoms with Gasteiger partial charge < -0.3 is 4.42 Å². The van der Waals surface area contributed by atoms with E-state index in [2.05, 4.69) is 11.9 Å². The minimum atomic E-state index is -0.183. The van der Waals surface area contributed by atoms with Crippen molar-refractivity contribution < 1.29 is 4.42 Å². The van der Waals surface area contributed by atoms with Gasteiger partial charge in [-0.15, -0.1) is 11.3 Å². The summed E-state index contributed by atoms with van der Waals surface area (Å²) in [5.74, 6) is 0.587. The lowest BCUT2D eigenvalue weighted by atomic mass is 9.97. The number of hydrogen-bond acceptors (Lipinski definition) is 4. The van der Waals surface area contributed by atoms with Gasteiger partial charge in [0.1, 0.15) is 10.2 Å². The molecule has 2 aromatic rings. The Bertz CT molecular complexity index is 612. The molecule has 0 aromatic carbocycles. The quantitative estimate of drug-likeness (QED) is 0.821. The van der Waals surface area contributed by atoms with E-state index in [-0.39, 0.29) is 5.63 Å². The molecular weight excluding hydrogens is 234 g/mol. The highest BCUT2D eigenvalue weighted by Crippen LogP contribution is 2.33. The Labute approximate surface area is 103 Å². The lowest BCUT2D eigenvalue weighted by molar-refractivity contribution is 0.442. The van der Waals surface area contributed by atoms with E-state index in [0.29, 0.717) is 5.89 Å². The maximum atomic E-state index is 12.0. The minimum Gasteiger partial charge on any atom is -0.408 e. The molecular formula is C13H15NO2S. The second-order valence-corrected chi connectivity index (χ2v) is 5.62. The molecule has 0 bridgehead atoms. The Morgan fingerprint density at radius 3 is 3.00 bits per heavy atom. The molecule has 0 spiro atoms. The molecule has 0 radical (unpaired) electrons. The lowest BCUT2D eigenvalue weighted by Gasteiger charge is -2.09. The van der Waals surface area contributed by atoms with Crippen molar-refractivity contribution in [1.29, 1.82) is 0 Å². The van der Waals surface area contributed by atoms with E-state index in [4.69, 9.17) is 4.42 Å². The number of thiophene rings is 1. The van der Waals surface area contributed by atoms with Crippen LogP contribution in [0.1, 0.15) is 42.5 Å². The molecule has 3 rings (SSSR count). The molecule has 3 nitrogen and oxygen atoms in total. The SMILES string of the molecule is CCCc1nc2sc3c(c2c(=O)o1)CCCC3. The minimum absolute atomic E-state index is 0.183. The van der Waals surface area contributed by atoms with Crippen molar-refractivity contribution >= 4 is 21.6 Å². The topological polar surface area (TPSA) is 43.1 Å². The van der Waals surface area contributed by atoms with Crippen LogP contribution in [0.3, 0.4) is 0 Å². The molecule has 2 aromatic heterocycles. The summed E-state index contributed by atoms with van der Waals surface area (Å²) in [5, 5.41) is 0.754. The van der Waals surface area contributed by atoms with Gasteiger partial charge in [-0.1, -0.05) is 6.92 Å². The van der Waals surface area contributed by atoms with Gasteiger partial charge in [-0.05, 0) is 37.7 Å². The second-order valence-electron chi connectivity index (χ2n) is 4.54. The largest absolute Gasteiger partial charge is 0.408 e. The summed E-state index contributed by atoms with van der Waals surface area (Å²) in [6, 6.07) is 0. The average molecular weight is 249 g/mol. The smallest absolute Gasteiger partial charge is 0.348 e. The van der Waals surface area contributed by atoms with Crippen molar-refractivity contribution in [2.45, 2.75) is 45.4 Å². The Morgan fingerprint density at radius 1 is 1.35 bits per heavy atom. The van der Waals surface area contributed by atoms with Gasteiger partial charge in [0.2, 0.25) is 0 Å². The summed E-state index contributed by atoms with van der Waals surface area (Å²) in [4.78, 5) is 18.7. The zero-order valence-electron chi connectivity index (χ0n) is 9.91. The van der Waals surface area contributed by atoms with E-state index >= 15 is 0 Å². The van der Waals surface area contributed by atoms with Gasteiger partial charge in [0, 0.05) is 11.3 Å². The van der Waals surface area contributed by atoms with Crippen LogP contribution in [0.4, 0.5) is 0 Å². The molecule has 2 heterocycles. The van der Waals surface area contributed by atoms with Crippen LogP contribution in [0.15, 0.2) is 9.21 Å². The predicted molar refractivity (Wildman–Crippen MR) is 68.8 cm³/mol. The average Bonchev–Trinajstić information content (AvgIpc) is 2.67. The van der Waals surface area contributed by atoms with E-state index in [9.17, 15) is 4.79 Å². The third-order valence-electron chi connectivity index (χ3n) is 3.26. The molecule has 0 atom stereocenters. The summed E-state index contributed by atoms with van der Waals surface area (Å²) in [6.45, 7) is 2.06. The maximum Gasteiger partial charge on any atom is 0.348 e. The van der Waals surface area contributed by atoms with Crippen molar-refractivity contribution in [2.75, 3.05) is 0 Å². The zero-order valence-corrected chi connectivity index (χ0v) is 10.7. The molecule has 0 saturated carbocycles. The molecule has 0 fully saturated rings. The second kappa shape index (κ2) is 4.26. The zero-order chi connectivity index (χ0) is 11.8. The van der Waals surface area contributed by atoms with Crippen LogP contribution in [-0.4, -0.2) is 4.98 Å². The lowest BCUT2D eigenvalue weighted by Crippen LogP contribution is -2.07. The van der Waals surface area contributed by atoms with Crippen LogP contribution in [0.2, 0.25) is 0 Å². The van der Waals surface area contributed by atoms with Crippen molar-refractivity contribution in [3.63, 3.8) is 0 Å². The van der Waals surface area contributed by atoms with E-state index in [1.807, 2.05) is 0 Å². The van der Waals surface area contributed by atoms with E-state index in [1.54, 1.807) is 11.3 Å². The third kappa shape index (κ3) is 1.80. The van der Waals surface area contributed by atoms with Crippen molar-refractivity contribution in [3.05, 3.63) is 26.8 Å². The van der Waals surface area contributed by atoms with Gasteiger partial charge in [-0.2, -0.15) is 0 Å². The number of rotatable bonds is 2. The maximum absolute atomic E-state index is 12.0. The number of nitrogens with zero attached hydrogens (tertiary/aromatic N) is 1. The highest BCUT2D eigenvalue weighted by Gasteiger charge is 2.20. The number of aromatic nitrogens is 1. The molecule has 1 aliphatic rings. The first-order valence-corrected chi connectivity index (χ1v) is 7.05. The van der Waals surface area contributed by atoms with Crippen LogP contribution in [0, 0.1) is 0 Å². The Morgan fingerprint density at radius 2 is 2.18 bits per heavy atom. The van der Waals surface area contributed by atoms with E-state index < -0.39 is 0 Å². The Balaban J connectivity index is 2.23. The van der Waals surface area contributed by atoms with Gasteiger partial charge in [0.15, 0.2) is 5.89 Å². The fourth-order valence-electron chi connectivity index (χ4n) is 2.46. The summed E-state index contributed by atoms with van der Waals surface area (Å²) in [5.41, 5.74) is 1.03. The van der Waals surface area contributed by atoms with Gasteiger partial charge in [-0.25, -0.2) is 9.78 Å². The van der Waals surface area contributed by atoms with Crippen molar-refractivity contribution in [3.8, 4) is 0 Å². The number of aryl methyl sites for hydroxylation is 3. The summed E-state index contributed by atoms with van der Waals surface area (Å²) in [7, 11) is 0. The van der Waals surface area contributed by atoms with Crippen LogP contribution >= 0.6 is 11.3 Å². The van der Waals surface area contributed by atoms with Crippen LogP contribution < -0.4 is 5.63 Å². The predicted octanol–water partition coefficient (Wildman–Crippen LogP) is 3.08. The highest BCUT2D eigenvalue weighted by atomic mass is 32.1. The van der Waals surface area contributed by atoms with E-state index in [1.165, 1.54) is 23.3 Å². The summed E-state index contributed by atoms with van der Waals surface area (Å²) >= 11 is 1.68. The van der Waals surface area contributed by atoms with Crippen molar-refractivity contribution in [1.82, 2.24) is 4.98 Å². The molecule has 4 heteroatoms. The Hall–Kier alpha value is -1.16. The highest BCUT2D eigenvalue weighted by molar-refractivity contribution is 7.18. The molecule has 90 valence electrons. The van der Waals surface area contributed by atoms with Crippen LogP contribution in [-0.2, 0) is 19.3 Å².